The molecule has 1 N–H and O–H groups in total. The molecule has 0 aromatic heterocycles. The van der Waals surface area contributed by atoms with Crippen molar-refractivity contribution in [1.82, 2.24) is 10.2 Å². The first-order chi connectivity index (χ1) is 12.8. The monoisotopic (exact) mass is 366 g/mol. The van der Waals surface area contributed by atoms with E-state index in [-0.39, 0.29) is 22.8 Å². The van der Waals surface area contributed by atoms with E-state index in [9.17, 15) is 9.59 Å². The minimum atomic E-state index is -0.0457. The number of amides is 2. The fourth-order valence-electron chi connectivity index (χ4n) is 5.81. The standard InChI is InChI=1S/C23H30N2O2/c1-22(2,3)16-6-4-5-14(9-16)20-17-12-25(13-18(17)20)21(27)15-10-23(11-15)8-7-19(26)24-23/h4-6,9,15,17-18,20H,7-8,10-13H2,1-3H3,(H,24,26)/t15?,17-,18+,20?,23?. The van der Waals surface area contributed by atoms with Gasteiger partial charge < -0.3 is 10.2 Å². The van der Waals surface area contributed by atoms with Gasteiger partial charge in [-0.05, 0) is 53.6 Å². The van der Waals surface area contributed by atoms with Crippen molar-refractivity contribution >= 4 is 11.8 Å². The number of nitrogens with one attached hydrogen (secondary N) is 1. The minimum absolute atomic E-state index is 0.0457. The summed E-state index contributed by atoms with van der Waals surface area (Å²) < 4.78 is 0. The lowest BCUT2D eigenvalue weighted by Gasteiger charge is -2.45. The summed E-state index contributed by atoms with van der Waals surface area (Å²) in [6.45, 7) is 8.63. The minimum Gasteiger partial charge on any atom is -0.351 e. The lowest BCUT2D eigenvalue weighted by Crippen LogP contribution is -2.56. The summed E-state index contributed by atoms with van der Waals surface area (Å²) in [7, 11) is 0. The van der Waals surface area contributed by atoms with E-state index in [0.717, 1.165) is 32.4 Å². The van der Waals surface area contributed by atoms with Crippen LogP contribution in [0.15, 0.2) is 24.3 Å². The van der Waals surface area contributed by atoms with Crippen LogP contribution in [-0.2, 0) is 15.0 Å². The molecule has 144 valence electrons. The van der Waals surface area contributed by atoms with Crippen molar-refractivity contribution in [3.8, 4) is 0 Å². The van der Waals surface area contributed by atoms with E-state index in [2.05, 4.69) is 55.3 Å². The van der Waals surface area contributed by atoms with E-state index < -0.39 is 0 Å². The average Bonchev–Trinajstić information content (AvgIpc) is 2.93. The molecule has 4 heteroatoms. The van der Waals surface area contributed by atoms with Gasteiger partial charge in [-0.25, -0.2) is 0 Å². The fraction of sp³-hybridized carbons (Fsp3) is 0.652. The Morgan fingerprint density at radius 1 is 1.19 bits per heavy atom. The Morgan fingerprint density at radius 3 is 2.48 bits per heavy atom. The van der Waals surface area contributed by atoms with Crippen LogP contribution in [0.1, 0.15) is 63.5 Å². The topological polar surface area (TPSA) is 49.4 Å². The number of piperidine rings is 1. The summed E-state index contributed by atoms with van der Waals surface area (Å²) >= 11 is 0. The SMILES string of the molecule is CC(C)(C)c1cccc(C2[C@H]3CN(C(=O)C4CC5(CCC(=O)N5)C4)C[C@@H]23)c1. The van der Waals surface area contributed by atoms with Crippen LogP contribution in [-0.4, -0.2) is 35.3 Å². The highest BCUT2D eigenvalue weighted by molar-refractivity contribution is 5.84. The van der Waals surface area contributed by atoms with Crippen molar-refractivity contribution in [2.75, 3.05) is 13.1 Å². The van der Waals surface area contributed by atoms with Crippen LogP contribution < -0.4 is 5.32 Å². The Hall–Kier alpha value is -1.84. The van der Waals surface area contributed by atoms with E-state index in [0.29, 0.717) is 30.1 Å². The molecule has 27 heavy (non-hydrogen) atoms. The third-order valence-corrected chi connectivity index (χ3v) is 7.50. The van der Waals surface area contributed by atoms with Crippen LogP contribution in [0.4, 0.5) is 0 Å². The molecular weight excluding hydrogens is 336 g/mol. The summed E-state index contributed by atoms with van der Waals surface area (Å²) in [6, 6.07) is 9.07. The van der Waals surface area contributed by atoms with Gasteiger partial charge >= 0.3 is 0 Å². The maximum absolute atomic E-state index is 12.9. The maximum atomic E-state index is 12.9. The first kappa shape index (κ1) is 17.3. The van der Waals surface area contributed by atoms with Gasteiger partial charge in [0.25, 0.3) is 0 Å². The molecular formula is C23H30N2O2. The molecule has 0 radical (unpaired) electrons. The second kappa shape index (κ2) is 5.59. The predicted molar refractivity (Wildman–Crippen MR) is 104 cm³/mol. The Kier molecular flexibility index (Phi) is 3.57. The number of carbonyl (C=O) groups excluding carboxylic acids is 2. The van der Waals surface area contributed by atoms with Gasteiger partial charge in [0.15, 0.2) is 0 Å². The number of hydrogen-bond donors (Lipinski definition) is 1. The number of benzene rings is 1. The van der Waals surface area contributed by atoms with E-state index in [1.165, 1.54) is 11.1 Å². The molecule has 1 aromatic rings. The van der Waals surface area contributed by atoms with E-state index in [1.54, 1.807) is 0 Å². The van der Waals surface area contributed by atoms with Crippen LogP contribution in [0.2, 0.25) is 0 Å². The van der Waals surface area contributed by atoms with Crippen molar-refractivity contribution in [3.63, 3.8) is 0 Å². The molecule has 2 saturated carbocycles. The molecule has 4 nitrogen and oxygen atoms in total. The van der Waals surface area contributed by atoms with Crippen molar-refractivity contribution < 1.29 is 9.59 Å². The van der Waals surface area contributed by atoms with Crippen LogP contribution in [0.3, 0.4) is 0 Å². The number of rotatable bonds is 2. The molecule has 4 fully saturated rings. The number of carbonyl (C=O) groups is 2. The van der Waals surface area contributed by atoms with Gasteiger partial charge in [-0.3, -0.25) is 9.59 Å². The number of likely N-dealkylation sites (tertiary alicyclic amines) is 1. The van der Waals surface area contributed by atoms with Gasteiger partial charge in [0, 0.05) is 31.0 Å². The van der Waals surface area contributed by atoms with Gasteiger partial charge in [-0.2, -0.15) is 0 Å². The summed E-state index contributed by atoms with van der Waals surface area (Å²) in [6.07, 6.45) is 3.23. The van der Waals surface area contributed by atoms with E-state index >= 15 is 0 Å². The Balaban J connectivity index is 1.18. The molecule has 3 atom stereocenters. The third-order valence-electron chi connectivity index (χ3n) is 7.50. The normalized spacial score (nSPS) is 37.1. The Bertz CT molecular complexity index is 791. The molecule has 1 spiro atoms. The second-order valence-electron chi connectivity index (χ2n) is 10.4. The summed E-state index contributed by atoms with van der Waals surface area (Å²) in [5.74, 6) is 2.54. The molecule has 2 heterocycles. The first-order valence-electron chi connectivity index (χ1n) is 10.5. The van der Waals surface area contributed by atoms with Crippen molar-refractivity contribution in [1.29, 1.82) is 0 Å². The van der Waals surface area contributed by atoms with Crippen LogP contribution in [0, 0.1) is 17.8 Å². The highest BCUT2D eigenvalue weighted by atomic mass is 16.2. The zero-order chi connectivity index (χ0) is 19.0. The van der Waals surface area contributed by atoms with Crippen LogP contribution in [0.5, 0.6) is 0 Å². The van der Waals surface area contributed by atoms with Crippen LogP contribution in [0.25, 0.3) is 0 Å². The number of hydrogen-bond acceptors (Lipinski definition) is 2. The van der Waals surface area contributed by atoms with Gasteiger partial charge in [0.1, 0.15) is 0 Å². The van der Waals surface area contributed by atoms with Gasteiger partial charge in [-0.15, -0.1) is 0 Å². The van der Waals surface area contributed by atoms with Crippen molar-refractivity contribution in [2.24, 2.45) is 17.8 Å². The number of fused-ring (bicyclic) bond motifs is 1. The third kappa shape index (κ3) is 2.79. The van der Waals surface area contributed by atoms with Gasteiger partial charge in [0.05, 0.1) is 0 Å². The van der Waals surface area contributed by atoms with E-state index in [4.69, 9.17) is 0 Å². The van der Waals surface area contributed by atoms with Crippen molar-refractivity contribution in [3.05, 3.63) is 35.4 Å². The highest BCUT2D eigenvalue weighted by Crippen LogP contribution is 2.59. The molecule has 2 amide bonds. The molecule has 2 aliphatic heterocycles. The van der Waals surface area contributed by atoms with E-state index in [1.807, 2.05) is 0 Å². The Labute approximate surface area is 161 Å². The molecule has 5 rings (SSSR count). The summed E-state index contributed by atoms with van der Waals surface area (Å²) in [4.78, 5) is 26.4. The maximum Gasteiger partial charge on any atom is 0.225 e. The molecule has 2 aliphatic carbocycles. The van der Waals surface area contributed by atoms with Gasteiger partial charge in [-0.1, -0.05) is 45.0 Å². The zero-order valence-corrected chi connectivity index (χ0v) is 16.6. The number of nitrogens with zero attached hydrogens (tertiary/aromatic N) is 1. The summed E-state index contributed by atoms with van der Waals surface area (Å²) in [5, 5.41) is 3.10. The highest BCUT2D eigenvalue weighted by Gasteiger charge is 2.59. The van der Waals surface area contributed by atoms with Gasteiger partial charge in [0.2, 0.25) is 11.8 Å². The fourth-order valence-corrected chi connectivity index (χ4v) is 5.81. The predicted octanol–water partition coefficient (Wildman–Crippen LogP) is 3.21. The van der Waals surface area contributed by atoms with Crippen LogP contribution >= 0.6 is 0 Å². The quantitative estimate of drug-likeness (QED) is 0.874. The zero-order valence-electron chi connectivity index (χ0n) is 16.6. The summed E-state index contributed by atoms with van der Waals surface area (Å²) in [5.41, 5.74) is 2.99. The largest absolute Gasteiger partial charge is 0.351 e. The Morgan fingerprint density at radius 2 is 1.89 bits per heavy atom. The molecule has 1 unspecified atom stereocenters. The lowest BCUT2D eigenvalue weighted by atomic mass is 9.67. The molecule has 0 bridgehead atoms. The smallest absolute Gasteiger partial charge is 0.225 e. The first-order valence-corrected chi connectivity index (χ1v) is 10.5. The average molecular weight is 367 g/mol. The molecule has 4 aliphatic rings. The van der Waals surface area contributed by atoms with Crippen molar-refractivity contribution in [2.45, 2.75) is 63.3 Å². The second-order valence-corrected chi connectivity index (χ2v) is 10.4. The lowest BCUT2D eigenvalue weighted by molar-refractivity contribution is -0.141. The molecule has 1 aromatic carbocycles. The molecule has 2 saturated heterocycles.